The average Bonchev–Trinajstić information content (AvgIpc) is 3.24. The van der Waals surface area contributed by atoms with E-state index in [1.165, 1.54) is 12.8 Å². The molecule has 2 saturated heterocycles. The van der Waals surface area contributed by atoms with Gasteiger partial charge in [0, 0.05) is 25.4 Å². The SMILES string of the molecule is CC(CC(=O)NC1CC(=O)N(C2CC2)C1)C1CCCNC1. The molecule has 3 aliphatic rings. The van der Waals surface area contributed by atoms with Gasteiger partial charge in [0.2, 0.25) is 11.8 Å². The first kappa shape index (κ1) is 14.8. The molecule has 1 aliphatic carbocycles. The molecule has 5 heteroatoms. The summed E-state index contributed by atoms with van der Waals surface area (Å²) >= 11 is 0. The average molecular weight is 293 g/mol. The largest absolute Gasteiger partial charge is 0.351 e. The Hall–Kier alpha value is -1.10. The highest BCUT2D eigenvalue weighted by molar-refractivity contribution is 5.82. The zero-order valence-corrected chi connectivity index (χ0v) is 12.9. The van der Waals surface area contributed by atoms with E-state index in [1.54, 1.807) is 0 Å². The molecule has 2 amide bonds. The third-order valence-corrected chi connectivity index (χ3v) is 5.16. The van der Waals surface area contributed by atoms with Crippen LogP contribution in [0, 0.1) is 11.8 Å². The van der Waals surface area contributed by atoms with E-state index in [0.717, 1.165) is 25.9 Å². The maximum atomic E-state index is 12.2. The summed E-state index contributed by atoms with van der Waals surface area (Å²) in [6, 6.07) is 0.494. The van der Waals surface area contributed by atoms with E-state index in [-0.39, 0.29) is 17.9 Å². The number of hydrogen-bond donors (Lipinski definition) is 2. The van der Waals surface area contributed by atoms with E-state index in [0.29, 0.717) is 37.3 Å². The van der Waals surface area contributed by atoms with Crippen LogP contribution in [0.2, 0.25) is 0 Å². The normalized spacial score (nSPS) is 31.3. The van der Waals surface area contributed by atoms with Crippen LogP contribution >= 0.6 is 0 Å². The molecule has 3 unspecified atom stereocenters. The summed E-state index contributed by atoms with van der Waals surface area (Å²) in [6.07, 6.45) is 5.78. The fourth-order valence-electron chi connectivity index (χ4n) is 3.68. The lowest BCUT2D eigenvalue weighted by Crippen LogP contribution is -2.40. The number of nitrogens with zero attached hydrogens (tertiary/aromatic N) is 1. The Labute approximate surface area is 126 Å². The molecule has 0 bridgehead atoms. The lowest BCUT2D eigenvalue weighted by atomic mass is 9.85. The maximum Gasteiger partial charge on any atom is 0.225 e. The summed E-state index contributed by atoms with van der Waals surface area (Å²) in [5.74, 6) is 1.35. The van der Waals surface area contributed by atoms with Crippen LogP contribution in [0.1, 0.15) is 45.4 Å². The summed E-state index contributed by atoms with van der Waals surface area (Å²) in [4.78, 5) is 26.0. The number of nitrogens with one attached hydrogen (secondary N) is 2. The second kappa shape index (κ2) is 6.34. The van der Waals surface area contributed by atoms with Crippen molar-refractivity contribution in [2.45, 2.75) is 57.5 Å². The van der Waals surface area contributed by atoms with Crippen LogP contribution in [0.25, 0.3) is 0 Å². The van der Waals surface area contributed by atoms with Crippen LogP contribution in [0.15, 0.2) is 0 Å². The van der Waals surface area contributed by atoms with Gasteiger partial charge in [0.05, 0.1) is 6.04 Å². The van der Waals surface area contributed by atoms with Gasteiger partial charge in [0.25, 0.3) is 0 Å². The Balaban J connectivity index is 1.42. The zero-order valence-electron chi connectivity index (χ0n) is 12.9. The molecular formula is C16H27N3O2. The number of piperidine rings is 1. The lowest BCUT2D eigenvalue weighted by Gasteiger charge is -2.28. The number of carbonyl (C=O) groups excluding carboxylic acids is 2. The zero-order chi connectivity index (χ0) is 14.8. The first-order valence-electron chi connectivity index (χ1n) is 8.43. The van der Waals surface area contributed by atoms with E-state index in [2.05, 4.69) is 17.6 Å². The molecule has 5 nitrogen and oxygen atoms in total. The van der Waals surface area contributed by atoms with Crippen LogP contribution in [0.4, 0.5) is 0 Å². The minimum absolute atomic E-state index is 0.0299. The second-order valence-corrected chi connectivity index (χ2v) is 7.03. The molecule has 0 aromatic rings. The molecule has 0 spiro atoms. The standard InChI is InChI=1S/C16H27N3O2/c1-11(12-3-2-6-17-9-12)7-15(20)18-13-8-16(21)19(10-13)14-4-5-14/h11-14,17H,2-10H2,1H3,(H,18,20). The quantitative estimate of drug-likeness (QED) is 0.791. The number of hydrogen-bond acceptors (Lipinski definition) is 3. The van der Waals surface area contributed by atoms with Gasteiger partial charge in [-0.25, -0.2) is 0 Å². The van der Waals surface area contributed by atoms with Gasteiger partial charge in [-0.2, -0.15) is 0 Å². The second-order valence-electron chi connectivity index (χ2n) is 7.03. The first-order valence-corrected chi connectivity index (χ1v) is 8.43. The third-order valence-electron chi connectivity index (χ3n) is 5.16. The molecule has 0 aromatic carbocycles. The van der Waals surface area contributed by atoms with Gasteiger partial charge in [0.1, 0.15) is 0 Å². The van der Waals surface area contributed by atoms with Crippen molar-refractivity contribution in [3.05, 3.63) is 0 Å². The maximum absolute atomic E-state index is 12.2. The predicted molar refractivity (Wildman–Crippen MR) is 80.7 cm³/mol. The van der Waals surface area contributed by atoms with Crippen LogP contribution in [0.5, 0.6) is 0 Å². The molecule has 3 rings (SSSR count). The highest BCUT2D eigenvalue weighted by Gasteiger charge is 2.39. The molecule has 1 saturated carbocycles. The smallest absolute Gasteiger partial charge is 0.225 e. The fourth-order valence-corrected chi connectivity index (χ4v) is 3.68. The Morgan fingerprint density at radius 3 is 2.90 bits per heavy atom. The topological polar surface area (TPSA) is 61.4 Å². The van der Waals surface area contributed by atoms with Gasteiger partial charge in [0.15, 0.2) is 0 Å². The van der Waals surface area contributed by atoms with Crippen LogP contribution in [-0.4, -0.2) is 48.4 Å². The minimum atomic E-state index is 0.0299. The highest BCUT2D eigenvalue weighted by Crippen LogP contribution is 2.30. The van der Waals surface area contributed by atoms with Gasteiger partial charge in [-0.1, -0.05) is 6.92 Å². The molecular weight excluding hydrogens is 266 g/mol. The van der Waals surface area contributed by atoms with Crippen molar-refractivity contribution in [1.29, 1.82) is 0 Å². The van der Waals surface area contributed by atoms with Gasteiger partial charge in [-0.05, 0) is 50.6 Å². The van der Waals surface area contributed by atoms with E-state index in [1.807, 2.05) is 4.90 Å². The molecule has 0 radical (unpaired) electrons. The number of rotatable bonds is 5. The molecule has 3 atom stereocenters. The van der Waals surface area contributed by atoms with Gasteiger partial charge < -0.3 is 15.5 Å². The Morgan fingerprint density at radius 1 is 1.43 bits per heavy atom. The highest BCUT2D eigenvalue weighted by atomic mass is 16.2. The van der Waals surface area contributed by atoms with E-state index in [9.17, 15) is 9.59 Å². The van der Waals surface area contributed by atoms with Crippen molar-refractivity contribution in [1.82, 2.24) is 15.5 Å². The third kappa shape index (κ3) is 3.76. The van der Waals surface area contributed by atoms with Gasteiger partial charge in [-0.3, -0.25) is 9.59 Å². The molecule has 118 valence electrons. The molecule has 2 aliphatic heterocycles. The van der Waals surface area contributed by atoms with Crippen molar-refractivity contribution in [3.63, 3.8) is 0 Å². The van der Waals surface area contributed by atoms with Crippen molar-refractivity contribution in [2.24, 2.45) is 11.8 Å². The molecule has 3 fully saturated rings. The molecule has 2 heterocycles. The number of amides is 2. The monoisotopic (exact) mass is 293 g/mol. The Bertz CT molecular complexity index is 402. The van der Waals surface area contributed by atoms with Crippen molar-refractivity contribution in [2.75, 3.05) is 19.6 Å². The molecule has 2 N–H and O–H groups in total. The summed E-state index contributed by atoms with van der Waals surface area (Å²) in [6.45, 7) is 5.03. The Kier molecular flexibility index (Phi) is 4.48. The first-order chi connectivity index (χ1) is 10.1. The lowest BCUT2D eigenvalue weighted by molar-refractivity contribution is -0.128. The van der Waals surface area contributed by atoms with Crippen LogP contribution < -0.4 is 10.6 Å². The van der Waals surface area contributed by atoms with E-state index in [4.69, 9.17) is 0 Å². The van der Waals surface area contributed by atoms with Crippen LogP contribution in [0.3, 0.4) is 0 Å². The van der Waals surface area contributed by atoms with Crippen molar-refractivity contribution >= 4 is 11.8 Å². The van der Waals surface area contributed by atoms with Gasteiger partial charge >= 0.3 is 0 Å². The fraction of sp³-hybridized carbons (Fsp3) is 0.875. The number of carbonyl (C=O) groups is 2. The summed E-state index contributed by atoms with van der Waals surface area (Å²) in [5, 5.41) is 6.48. The summed E-state index contributed by atoms with van der Waals surface area (Å²) in [7, 11) is 0. The Morgan fingerprint density at radius 2 is 2.24 bits per heavy atom. The van der Waals surface area contributed by atoms with Crippen molar-refractivity contribution < 1.29 is 9.59 Å². The summed E-state index contributed by atoms with van der Waals surface area (Å²) < 4.78 is 0. The molecule has 21 heavy (non-hydrogen) atoms. The minimum Gasteiger partial charge on any atom is -0.351 e. The van der Waals surface area contributed by atoms with Crippen molar-refractivity contribution in [3.8, 4) is 0 Å². The van der Waals surface area contributed by atoms with Gasteiger partial charge in [-0.15, -0.1) is 0 Å². The predicted octanol–water partition coefficient (Wildman–Crippen LogP) is 0.892. The van der Waals surface area contributed by atoms with Crippen LogP contribution in [-0.2, 0) is 9.59 Å². The number of likely N-dealkylation sites (tertiary alicyclic amines) is 1. The molecule has 0 aromatic heterocycles. The van der Waals surface area contributed by atoms with E-state index >= 15 is 0 Å². The summed E-state index contributed by atoms with van der Waals surface area (Å²) in [5.41, 5.74) is 0. The van der Waals surface area contributed by atoms with E-state index < -0.39 is 0 Å².